The smallest absolute Gasteiger partial charge is 0.373 e. The third kappa shape index (κ3) is 3.48. The lowest BCUT2D eigenvalue weighted by Crippen LogP contribution is -2.04. The molecule has 104 valence electrons. The van der Waals surface area contributed by atoms with Crippen molar-refractivity contribution in [1.29, 1.82) is 0 Å². The molecule has 0 amide bonds. The highest BCUT2D eigenvalue weighted by Crippen LogP contribution is 2.14. The van der Waals surface area contributed by atoms with Crippen LogP contribution in [0.5, 0.6) is 0 Å². The van der Waals surface area contributed by atoms with Crippen molar-refractivity contribution in [3.8, 4) is 0 Å². The first-order valence-corrected chi connectivity index (χ1v) is 6.49. The average Bonchev–Trinajstić information content (AvgIpc) is 2.92. The summed E-state index contributed by atoms with van der Waals surface area (Å²) >= 11 is 3.28. The average molecular weight is 339 g/mol. The van der Waals surface area contributed by atoms with Crippen LogP contribution in [0.3, 0.4) is 0 Å². The van der Waals surface area contributed by atoms with Gasteiger partial charge < -0.3 is 13.9 Å². The Morgan fingerprint density at radius 3 is 2.70 bits per heavy atom. The van der Waals surface area contributed by atoms with Gasteiger partial charge in [-0.2, -0.15) is 0 Å². The number of ether oxygens (including phenoxy) is 2. The maximum Gasteiger partial charge on any atom is 0.373 e. The number of methoxy groups -OCH3 is 1. The standard InChI is InChI=1S/C14H11BrO5/c1-18-14(17)12-6-5-11(20-12)8-19-13(16)9-3-2-4-10(15)7-9/h2-7H,8H2,1H3. The number of esters is 2. The van der Waals surface area contributed by atoms with Gasteiger partial charge in [0.1, 0.15) is 12.4 Å². The van der Waals surface area contributed by atoms with Gasteiger partial charge in [-0.15, -0.1) is 0 Å². The van der Waals surface area contributed by atoms with Crippen molar-refractivity contribution in [2.45, 2.75) is 6.61 Å². The minimum absolute atomic E-state index is 0.0532. The van der Waals surface area contributed by atoms with Gasteiger partial charge in [-0.3, -0.25) is 0 Å². The van der Waals surface area contributed by atoms with Crippen LogP contribution >= 0.6 is 15.9 Å². The van der Waals surface area contributed by atoms with Gasteiger partial charge in [0.25, 0.3) is 0 Å². The number of rotatable bonds is 4. The van der Waals surface area contributed by atoms with Crippen LogP contribution in [0.25, 0.3) is 0 Å². The van der Waals surface area contributed by atoms with E-state index in [0.717, 1.165) is 4.47 Å². The van der Waals surface area contributed by atoms with Crippen LogP contribution < -0.4 is 0 Å². The molecule has 0 unspecified atom stereocenters. The van der Waals surface area contributed by atoms with Crippen LogP contribution in [0.15, 0.2) is 45.3 Å². The topological polar surface area (TPSA) is 65.7 Å². The monoisotopic (exact) mass is 338 g/mol. The second-order valence-corrected chi connectivity index (χ2v) is 4.76. The maximum atomic E-state index is 11.8. The SMILES string of the molecule is COC(=O)c1ccc(COC(=O)c2cccc(Br)c2)o1. The molecule has 1 heterocycles. The molecule has 0 aliphatic heterocycles. The fraction of sp³-hybridized carbons (Fsp3) is 0.143. The molecule has 0 bridgehead atoms. The summed E-state index contributed by atoms with van der Waals surface area (Å²) in [4.78, 5) is 23.0. The summed E-state index contributed by atoms with van der Waals surface area (Å²) in [6, 6.07) is 9.88. The highest BCUT2D eigenvalue weighted by molar-refractivity contribution is 9.10. The number of halogens is 1. The van der Waals surface area contributed by atoms with E-state index in [0.29, 0.717) is 11.3 Å². The van der Waals surface area contributed by atoms with E-state index in [9.17, 15) is 9.59 Å². The summed E-state index contributed by atoms with van der Waals surface area (Å²) in [6.45, 7) is -0.0532. The lowest BCUT2D eigenvalue weighted by molar-refractivity contribution is 0.0438. The van der Waals surface area contributed by atoms with Crippen LogP contribution in [0.4, 0.5) is 0 Å². The highest BCUT2D eigenvalue weighted by atomic mass is 79.9. The van der Waals surface area contributed by atoms with E-state index in [4.69, 9.17) is 9.15 Å². The van der Waals surface area contributed by atoms with Crippen molar-refractivity contribution in [3.05, 3.63) is 58.0 Å². The second-order valence-electron chi connectivity index (χ2n) is 3.84. The molecular weight excluding hydrogens is 328 g/mol. The van der Waals surface area contributed by atoms with Gasteiger partial charge in [0.2, 0.25) is 5.76 Å². The summed E-state index contributed by atoms with van der Waals surface area (Å²) in [5.74, 6) is -0.605. The minimum atomic E-state index is -0.574. The lowest BCUT2D eigenvalue weighted by atomic mass is 10.2. The van der Waals surface area contributed by atoms with Gasteiger partial charge in [0.15, 0.2) is 0 Å². The maximum absolute atomic E-state index is 11.8. The van der Waals surface area contributed by atoms with Gasteiger partial charge in [-0.25, -0.2) is 9.59 Å². The van der Waals surface area contributed by atoms with Crippen LogP contribution in [0, 0.1) is 0 Å². The van der Waals surface area contributed by atoms with Gasteiger partial charge in [-0.1, -0.05) is 22.0 Å². The van der Waals surface area contributed by atoms with E-state index in [1.54, 1.807) is 24.3 Å². The molecule has 6 heteroatoms. The van der Waals surface area contributed by atoms with Crippen molar-refractivity contribution in [2.24, 2.45) is 0 Å². The van der Waals surface area contributed by atoms with E-state index in [2.05, 4.69) is 20.7 Å². The molecule has 0 fully saturated rings. The zero-order valence-corrected chi connectivity index (χ0v) is 12.2. The molecule has 0 saturated carbocycles. The number of furan rings is 1. The van der Waals surface area contributed by atoms with E-state index in [1.807, 2.05) is 6.07 Å². The first kappa shape index (κ1) is 14.3. The minimum Gasteiger partial charge on any atom is -0.463 e. The summed E-state index contributed by atoms with van der Waals surface area (Å²) in [5, 5.41) is 0. The normalized spacial score (nSPS) is 10.1. The van der Waals surface area contributed by atoms with E-state index < -0.39 is 11.9 Å². The molecule has 0 radical (unpaired) electrons. The van der Waals surface area contributed by atoms with Crippen LogP contribution in [-0.2, 0) is 16.1 Å². The highest BCUT2D eigenvalue weighted by Gasteiger charge is 2.13. The molecule has 5 nitrogen and oxygen atoms in total. The number of hydrogen-bond acceptors (Lipinski definition) is 5. The number of benzene rings is 1. The van der Waals surface area contributed by atoms with Crippen molar-refractivity contribution in [2.75, 3.05) is 7.11 Å². The summed E-state index contributed by atoms with van der Waals surface area (Å²) in [6.07, 6.45) is 0. The zero-order valence-electron chi connectivity index (χ0n) is 10.6. The molecule has 0 N–H and O–H groups in total. The van der Waals surface area contributed by atoms with Gasteiger partial charge in [0.05, 0.1) is 12.7 Å². The van der Waals surface area contributed by atoms with Crippen molar-refractivity contribution in [3.63, 3.8) is 0 Å². The van der Waals surface area contributed by atoms with E-state index in [1.165, 1.54) is 13.2 Å². The molecule has 0 spiro atoms. The Labute approximate surface area is 123 Å². The van der Waals surface area contributed by atoms with Crippen LogP contribution in [-0.4, -0.2) is 19.0 Å². The molecule has 1 aromatic heterocycles. The summed E-state index contributed by atoms with van der Waals surface area (Å²) in [5.41, 5.74) is 0.430. The second kappa shape index (κ2) is 6.38. The van der Waals surface area contributed by atoms with Crippen molar-refractivity contribution >= 4 is 27.9 Å². The summed E-state index contributed by atoms with van der Waals surface area (Å²) in [7, 11) is 1.26. The fourth-order valence-corrected chi connectivity index (χ4v) is 1.90. The number of carbonyl (C=O) groups excluding carboxylic acids is 2. The van der Waals surface area contributed by atoms with Gasteiger partial charge >= 0.3 is 11.9 Å². The van der Waals surface area contributed by atoms with Crippen molar-refractivity contribution in [1.82, 2.24) is 0 Å². The third-order valence-corrected chi connectivity index (χ3v) is 2.95. The molecule has 2 aromatic rings. The van der Waals surface area contributed by atoms with Crippen molar-refractivity contribution < 1.29 is 23.5 Å². The van der Waals surface area contributed by atoms with Crippen LogP contribution in [0.2, 0.25) is 0 Å². The fourth-order valence-electron chi connectivity index (χ4n) is 1.50. The Morgan fingerprint density at radius 1 is 1.20 bits per heavy atom. The van der Waals surface area contributed by atoms with Crippen LogP contribution in [0.1, 0.15) is 26.7 Å². The van der Waals surface area contributed by atoms with E-state index >= 15 is 0 Å². The Hall–Kier alpha value is -2.08. The third-order valence-electron chi connectivity index (χ3n) is 2.45. The number of hydrogen-bond donors (Lipinski definition) is 0. The quantitative estimate of drug-likeness (QED) is 0.801. The number of carbonyl (C=O) groups is 2. The molecule has 0 atom stereocenters. The Kier molecular flexibility index (Phi) is 4.57. The molecule has 0 aliphatic carbocycles. The Bertz CT molecular complexity index is 632. The zero-order chi connectivity index (χ0) is 14.5. The molecule has 20 heavy (non-hydrogen) atoms. The molecule has 0 aliphatic rings. The molecule has 1 aromatic carbocycles. The van der Waals surface area contributed by atoms with Gasteiger partial charge in [0, 0.05) is 4.47 Å². The Morgan fingerprint density at radius 2 is 2.00 bits per heavy atom. The first-order valence-electron chi connectivity index (χ1n) is 5.70. The first-order chi connectivity index (χ1) is 9.60. The predicted octanol–water partition coefficient (Wildman–Crippen LogP) is 3.19. The lowest BCUT2D eigenvalue weighted by Gasteiger charge is -2.03. The molecular formula is C14H11BrO5. The van der Waals surface area contributed by atoms with E-state index in [-0.39, 0.29) is 12.4 Å². The Balaban J connectivity index is 1.97. The predicted molar refractivity (Wildman–Crippen MR) is 73.3 cm³/mol. The largest absolute Gasteiger partial charge is 0.463 e. The molecule has 0 saturated heterocycles. The summed E-state index contributed by atoms with van der Waals surface area (Å²) < 4.78 is 15.6. The van der Waals surface area contributed by atoms with Gasteiger partial charge in [-0.05, 0) is 30.3 Å². The molecule has 2 rings (SSSR count).